The zero-order valence-electron chi connectivity index (χ0n) is 21.1. The topological polar surface area (TPSA) is 99.4 Å². The molecule has 0 atom stereocenters. The molecule has 0 saturated heterocycles. The number of carbonyl (C=O) groups is 1. The average Bonchev–Trinajstić information content (AvgIpc) is 3.20. The summed E-state index contributed by atoms with van der Waals surface area (Å²) in [5.74, 6) is 0.339. The van der Waals surface area contributed by atoms with Crippen molar-refractivity contribution in [2.45, 2.75) is 31.7 Å². The molecule has 0 spiro atoms. The number of hydrogen-bond donors (Lipinski definition) is 0. The van der Waals surface area contributed by atoms with E-state index < -0.39 is 15.9 Å². The zero-order chi connectivity index (χ0) is 26.1. The predicted molar refractivity (Wildman–Crippen MR) is 140 cm³/mol. The van der Waals surface area contributed by atoms with Crippen LogP contribution in [0.5, 0.6) is 5.75 Å². The van der Waals surface area contributed by atoms with Gasteiger partial charge in [-0.3, -0.25) is 4.79 Å². The van der Waals surface area contributed by atoms with Gasteiger partial charge in [-0.25, -0.2) is 8.42 Å². The highest BCUT2D eigenvalue weighted by Gasteiger charge is 2.24. The van der Waals surface area contributed by atoms with Crippen LogP contribution < -0.4 is 9.54 Å². The van der Waals surface area contributed by atoms with E-state index in [-0.39, 0.29) is 31.2 Å². The molecule has 0 aliphatic heterocycles. The van der Waals surface area contributed by atoms with Crippen molar-refractivity contribution < 1.29 is 27.4 Å². The van der Waals surface area contributed by atoms with Gasteiger partial charge in [0.25, 0.3) is 5.91 Å². The van der Waals surface area contributed by atoms with Crippen molar-refractivity contribution in [3.05, 3.63) is 52.8 Å². The zero-order valence-corrected chi connectivity index (χ0v) is 22.7. The van der Waals surface area contributed by atoms with E-state index in [2.05, 4.69) is 11.9 Å². The molecule has 1 heterocycles. The van der Waals surface area contributed by atoms with E-state index in [0.29, 0.717) is 17.0 Å². The molecule has 0 N–H and O–H groups in total. The van der Waals surface area contributed by atoms with Crippen molar-refractivity contribution in [1.29, 1.82) is 0 Å². The van der Waals surface area contributed by atoms with Gasteiger partial charge in [-0.2, -0.15) is 9.30 Å². The molecule has 9 nitrogen and oxygen atoms in total. The van der Waals surface area contributed by atoms with Gasteiger partial charge in [-0.1, -0.05) is 18.3 Å². The lowest BCUT2D eigenvalue weighted by atomic mass is 10.2. The summed E-state index contributed by atoms with van der Waals surface area (Å²) >= 11 is 1.42. The lowest BCUT2D eigenvalue weighted by Crippen LogP contribution is -2.36. The van der Waals surface area contributed by atoms with Gasteiger partial charge in [0.05, 0.1) is 34.9 Å². The molecular weight excluding hydrogens is 502 g/mol. The van der Waals surface area contributed by atoms with Crippen molar-refractivity contribution in [2.75, 3.05) is 47.1 Å². The maximum atomic E-state index is 13.1. The Morgan fingerprint density at radius 1 is 1.03 bits per heavy atom. The highest BCUT2D eigenvalue weighted by atomic mass is 32.2. The van der Waals surface area contributed by atoms with Gasteiger partial charge in [-0.05, 0) is 55.8 Å². The number of aryl methyl sites for hydroxylation is 1. The summed E-state index contributed by atoms with van der Waals surface area (Å²) in [6.45, 7) is 6.22. The fraction of sp³-hybridized carbons (Fsp3) is 0.440. The summed E-state index contributed by atoms with van der Waals surface area (Å²) in [5, 5.41) is 0. The van der Waals surface area contributed by atoms with Gasteiger partial charge in [0.2, 0.25) is 10.0 Å². The van der Waals surface area contributed by atoms with Crippen LogP contribution in [0.4, 0.5) is 0 Å². The monoisotopic (exact) mass is 535 g/mol. The number of thiazole rings is 1. The van der Waals surface area contributed by atoms with E-state index in [4.69, 9.17) is 14.2 Å². The Balaban J connectivity index is 1.91. The van der Waals surface area contributed by atoms with Crippen molar-refractivity contribution in [2.24, 2.45) is 4.99 Å². The second kappa shape index (κ2) is 13.1. The first-order valence-corrected chi connectivity index (χ1v) is 14.0. The molecular formula is C25H33N3O6S2. The van der Waals surface area contributed by atoms with Crippen molar-refractivity contribution >= 4 is 37.5 Å². The first-order chi connectivity index (χ1) is 17.3. The Hall–Kier alpha value is -2.57. The number of sulfonamides is 1. The second-order valence-electron chi connectivity index (χ2n) is 7.93. The number of fused-ring (bicyclic) bond motifs is 1. The summed E-state index contributed by atoms with van der Waals surface area (Å²) in [7, 11) is -0.735. The molecule has 0 saturated carbocycles. The smallest absolute Gasteiger partial charge is 0.279 e. The standard InChI is InChI=1S/C25H33N3O6S2/c1-5-13-28-22-12-9-20(34-6-2)18-23(22)35-25(28)26-24(29)19-7-10-21(11-8-19)36(30,31)27(14-16-32-3)15-17-33-4/h7-12,18H,5-6,13-17H2,1-4H3. The quantitative estimate of drug-likeness (QED) is 0.332. The fourth-order valence-corrected chi connectivity index (χ4v) is 6.13. The molecule has 196 valence electrons. The second-order valence-corrected chi connectivity index (χ2v) is 10.9. The van der Waals surface area contributed by atoms with Crippen LogP contribution in [0.25, 0.3) is 10.2 Å². The number of methoxy groups -OCH3 is 2. The maximum absolute atomic E-state index is 13.1. The van der Waals surface area contributed by atoms with Gasteiger partial charge >= 0.3 is 0 Å². The Morgan fingerprint density at radius 2 is 1.69 bits per heavy atom. The first kappa shape index (κ1) is 28.0. The van der Waals surface area contributed by atoms with Crippen molar-refractivity contribution in [3.8, 4) is 5.75 Å². The van der Waals surface area contributed by atoms with Crippen LogP contribution in [0.1, 0.15) is 30.6 Å². The Bertz CT molecular complexity index is 1320. The van der Waals surface area contributed by atoms with E-state index in [9.17, 15) is 13.2 Å². The van der Waals surface area contributed by atoms with Gasteiger partial charge in [0.15, 0.2) is 4.80 Å². The van der Waals surface area contributed by atoms with Gasteiger partial charge in [0.1, 0.15) is 5.75 Å². The first-order valence-electron chi connectivity index (χ1n) is 11.8. The molecule has 0 aliphatic carbocycles. The summed E-state index contributed by atoms with van der Waals surface area (Å²) < 4.78 is 46.2. The number of rotatable bonds is 13. The summed E-state index contributed by atoms with van der Waals surface area (Å²) in [6, 6.07) is 11.7. The lowest BCUT2D eigenvalue weighted by Gasteiger charge is -2.21. The van der Waals surface area contributed by atoms with Crippen LogP contribution in [0.15, 0.2) is 52.4 Å². The van der Waals surface area contributed by atoms with Crippen LogP contribution >= 0.6 is 11.3 Å². The number of benzene rings is 2. The molecule has 36 heavy (non-hydrogen) atoms. The number of aromatic nitrogens is 1. The van der Waals surface area contributed by atoms with E-state index in [1.54, 1.807) is 0 Å². The Labute approximate surface area is 216 Å². The molecule has 0 radical (unpaired) electrons. The van der Waals surface area contributed by atoms with E-state index >= 15 is 0 Å². The number of ether oxygens (including phenoxy) is 3. The maximum Gasteiger partial charge on any atom is 0.279 e. The van der Waals surface area contributed by atoms with E-state index in [1.807, 2.05) is 29.7 Å². The van der Waals surface area contributed by atoms with Crippen LogP contribution in [-0.2, 0) is 26.0 Å². The molecule has 0 fully saturated rings. The molecule has 1 aromatic heterocycles. The molecule has 0 aliphatic rings. The molecule has 0 bridgehead atoms. The largest absolute Gasteiger partial charge is 0.494 e. The third-order valence-corrected chi connectivity index (χ3v) is 8.39. The highest BCUT2D eigenvalue weighted by molar-refractivity contribution is 7.89. The lowest BCUT2D eigenvalue weighted by molar-refractivity contribution is 0.0997. The number of carbonyl (C=O) groups excluding carboxylic acids is 1. The molecule has 2 aromatic carbocycles. The SMILES string of the molecule is CCCn1c(=NC(=O)c2ccc(S(=O)(=O)N(CCOC)CCOC)cc2)sc2cc(OCC)ccc21. The summed E-state index contributed by atoms with van der Waals surface area (Å²) in [4.78, 5) is 18.1. The normalized spacial score (nSPS) is 12.5. The molecule has 11 heteroatoms. The number of amides is 1. The minimum Gasteiger partial charge on any atom is -0.494 e. The third-order valence-electron chi connectivity index (χ3n) is 5.44. The minimum absolute atomic E-state index is 0.0950. The Kier molecular flexibility index (Phi) is 10.2. The highest BCUT2D eigenvalue weighted by Crippen LogP contribution is 2.24. The molecule has 1 amide bonds. The fourth-order valence-electron chi connectivity index (χ4n) is 3.64. The van der Waals surface area contributed by atoms with Crippen LogP contribution in [0, 0.1) is 0 Å². The van der Waals surface area contributed by atoms with Crippen LogP contribution in [-0.4, -0.2) is 70.3 Å². The van der Waals surface area contributed by atoms with Crippen LogP contribution in [0.3, 0.4) is 0 Å². The van der Waals surface area contributed by atoms with Gasteiger partial charge < -0.3 is 18.8 Å². The summed E-state index contributed by atoms with van der Waals surface area (Å²) in [5.41, 5.74) is 1.30. The van der Waals surface area contributed by atoms with Crippen molar-refractivity contribution in [3.63, 3.8) is 0 Å². The van der Waals surface area contributed by atoms with Gasteiger partial charge in [0, 0.05) is 39.4 Å². The predicted octanol–water partition coefficient (Wildman–Crippen LogP) is 3.54. The van der Waals surface area contributed by atoms with Crippen LogP contribution in [0.2, 0.25) is 0 Å². The number of hydrogen-bond acceptors (Lipinski definition) is 7. The van der Waals surface area contributed by atoms with E-state index in [0.717, 1.165) is 28.9 Å². The molecule has 0 unspecified atom stereocenters. The van der Waals surface area contributed by atoms with Crippen molar-refractivity contribution in [1.82, 2.24) is 8.87 Å². The van der Waals surface area contributed by atoms with E-state index in [1.165, 1.54) is 54.1 Å². The Morgan fingerprint density at radius 3 is 2.28 bits per heavy atom. The summed E-state index contributed by atoms with van der Waals surface area (Å²) in [6.07, 6.45) is 0.885. The molecule has 3 rings (SSSR count). The molecule has 3 aromatic rings. The van der Waals surface area contributed by atoms with Gasteiger partial charge in [-0.15, -0.1) is 0 Å². The minimum atomic E-state index is -3.77. The average molecular weight is 536 g/mol. The third kappa shape index (κ3) is 6.60. The number of nitrogens with zero attached hydrogens (tertiary/aromatic N) is 3.